The molecule has 1 fully saturated rings. The second kappa shape index (κ2) is 10.2. The Morgan fingerprint density at radius 1 is 1.24 bits per heavy atom. The third kappa shape index (κ3) is 5.12. The lowest BCUT2D eigenvalue weighted by Crippen LogP contribution is -2.48. The molecular weight excluding hydrogens is 444 g/mol. The van der Waals surface area contributed by atoms with Crippen molar-refractivity contribution < 1.29 is 31.9 Å². The highest BCUT2D eigenvalue weighted by molar-refractivity contribution is 6.35. The van der Waals surface area contributed by atoms with Gasteiger partial charge < -0.3 is 10.2 Å². The molecule has 0 saturated carbocycles. The zero-order valence-corrected chi connectivity index (χ0v) is 18.2. The fourth-order valence-corrected chi connectivity index (χ4v) is 4.17. The van der Waals surface area contributed by atoms with Crippen LogP contribution in [0.5, 0.6) is 0 Å². The molecule has 1 N–H and O–H groups in total. The van der Waals surface area contributed by atoms with Crippen molar-refractivity contribution in [1.29, 1.82) is 0 Å². The highest BCUT2D eigenvalue weighted by Crippen LogP contribution is 2.30. The molecule has 0 aromatic heterocycles. The van der Waals surface area contributed by atoms with Gasteiger partial charge in [-0.1, -0.05) is 13.0 Å². The number of rotatable bonds is 7. The molecule has 178 valence electrons. The molecule has 2 amide bonds. The van der Waals surface area contributed by atoms with Crippen LogP contribution in [0.25, 0.3) is 0 Å². The van der Waals surface area contributed by atoms with Gasteiger partial charge in [-0.2, -0.15) is 10.2 Å². The highest BCUT2D eigenvalue weighted by atomic mass is 19.3. The van der Waals surface area contributed by atoms with Gasteiger partial charge in [0.05, 0.1) is 23.8 Å². The van der Waals surface area contributed by atoms with Crippen molar-refractivity contribution in [2.24, 2.45) is 16.1 Å². The summed E-state index contributed by atoms with van der Waals surface area (Å²) in [5, 5.41) is 10.4. The van der Waals surface area contributed by atoms with Gasteiger partial charge in [0.1, 0.15) is 17.4 Å². The fourth-order valence-electron chi connectivity index (χ4n) is 4.17. The van der Waals surface area contributed by atoms with Gasteiger partial charge in [-0.15, -0.1) is 0 Å². The summed E-state index contributed by atoms with van der Waals surface area (Å²) >= 11 is 0. The van der Waals surface area contributed by atoms with Crippen LogP contribution in [-0.2, 0) is 20.8 Å². The van der Waals surface area contributed by atoms with E-state index in [-0.39, 0.29) is 18.5 Å². The van der Waals surface area contributed by atoms with E-state index in [4.69, 9.17) is 0 Å². The SMILES string of the molecule is CC[C@@H](NC(=O)C(=O)N1CC[C@H](C(=O)Cc2ccc(F)c(C(F)F)c2F)[C@@H]1C)C1=CCN=N1. The second-order valence-corrected chi connectivity index (χ2v) is 8.00. The smallest absolute Gasteiger partial charge is 0.312 e. The number of hydrogen-bond donors (Lipinski definition) is 1. The third-order valence-electron chi connectivity index (χ3n) is 6.05. The van der Waals surface area contributed by atoms with E-state index in [1.165, 1.54) is 4.90 Å². The maximum Gasteiger partial charge on any atom is 0.312 e. The average Bonchev–Trinajstić information content (AvgIpc) is 3.43. The molecule has 0 bridgehead atoms. The summed E-state index contributed by atoms with van der Waals surface area (Å²) in [6.07, 6.45) is -1.39. The first kappa shape index (κ1) is 24.5. The Hall–Kier alpha value is -3.11. The first-order chi connectivity index (χ1) is 15.6. The van der Waals surface area contributed by atoms with Gasteiger partial charge in [0.25, 0.3) is 6.43 Å². The molecule has 3 atom stereocenters. The number of nitrogens with one attached hydrogen (secondary N) is 1. The Kier molecular flexibility index (Phi) is 7.60. The number of likely N-dealkylation sites (tertiary alicyclic amines) is 1. The van der Waals surface area contributed by atoms with Crippen molar-refractivity contribution >= 4 is 17.6 Å². The lowest BCUT2D eigenvalue weighted by Gasteiger charge is -2.25. The van der Waals surface area contributed by atoms with Crippen molar-refractivity contribution in [3.05, 3.63) is 46.7 Å². The van der Waals surface area contributed by atoms with Crippen LogP contribution in [0.15, 0.2) is 34.1 Å². The summed E-state index contributed by atoms with van der Waals surface area (Å²) in [5.74, 6) is -5.66. The normalized spacial score (nSPS) is 20.8. The Balaban J connectivity index is 1.65. The average molecular weight is 468 g/mol. The maximum absolute atomic E-state index is 14.3. The van der Waals surface area contributed by atoms with Crippen molar-refractivity contribution in [1.82, 2.24) is 10.2 Å². The molecular formula is C22H24F4N4O3. The van der Waals surface area contributed by atoms with Gasteiger partial charge in [0, 0.05) is 24.9 Å². The van der Waals surface area contributed by atoms with Crippen molar-refractivity contribution in [2.75, 3.05) is 13.1 Å². The van der Waals surface area contributed by atoms with Crippen LogP contribution in [0.2, 0.25) is 0 Å². The summed E-state index contributed by atoms with van der Waals surface area (Å²) < 4.78 is 53.7. The van der Waals surface area contributed by atoms with Crippen LogP contribution in [0.4, 0.5) is 17.6 Å². The predicted molar refractivity (Wildman–Crippen MR) is 109 cm³/mol. The number of azo groups is 1. The molecule has 0 radical (unpaired) electrons. The summed E-state index contributed by atoms with van der Waals surface area (Å²) in [6, 6.07) is 0.548. The standard InChI is InChI=1S/C22H24F4N4O3/c1-3-15(16-6-8-27-29-16)28-21(32)22(33)30-9-7-13(11(30)2)17(31)10-12-4-5-14(23)18(19(12)24)20(25)26/h4-6,11,13,15,20H,3,7-10H2,1-2H3,(H,28,32)/t11-,13-,15+/m0/s1. The maximum atomic E-state index is 14.3. The molecule has 33 heavy (non-hydrogen) atoms. The highest BCUT2D eigenvalue weighted by Gasteiger charge is 2.40. The minimum absolute atomic E-state index is 0.136. The van der Waals surface area contributed by atoms with E-state index in [0.717, 1.165) is 6.07 Å². The number of carbonyl (C=O) groups excluding carboxylic acids is 3. The molecule has 0 spiro atoms. The van der Waals surface area contributed by atoms with E-state index in [1.807, 2.05) is 6.92 Å². The van der Waals surface area contributed by atoms with Crippen LogP contribution in [0.3, 0.4) is 0 Å². The van der Waals surface area contributed by atoms with Crippen molar-refractivity contribution in [3.63, 3.8) is 0 Å². The molecule has 1 aromatic carbocycles. The lowest BCUT2D eigenvalue weighted by molar-refractivity contribution is -0.147. The van der Waals surface area contributed by atoms with Crippen LogP contribution in [0.1, 0.15) is 44.2 Å². The van der Waals surface area contributed by atoms with E-state index >= 15 is 0 Å². The van der Waals surface area contributed by atoms with Crippen LogP contribution < -0.4 is 5.32 Å². The molecule has 11 heteroatoms. The lowest BCUT2D eigenvalue weighted by atomic mass is 9.91. The quantitative estimate of drug-likeness (QED) is 0.491. The van der Waals surface area contributed by atoms with Gasteiger partial charge in [0.2, 0.25) is 0 Å². The van der Waals surface area contributed by atoms with Gasteiger partial charge in [-0.3, -0.25) is 14.4 Å². The fraction of sp³-hybridized carbons (Fsp3) is 0.500. The molecule has 7 nitrogen and oxygen atoms in total. The topological polar surface area (TPSA) is 91.2 Å². The van der Waals surface area contributed by atoms with E-state index in [9.17, 15) is 31.9 Å². The Morgan fingerprint density at radius 3 is 2.58 bits per heavy atom. The number of Topliss-reactive ketones (excluding diaryl/α,β-unsaturated/α-hetero) is 1. The predicted octanol–water partition coefficient (Wildman–Crippen LogP) is 3.50. The zero-order valence-electron chi connectivity index (χ0n) is 18.2. The molecule has 0 aliphatic carbocycles. The largest absolute Gasteiger partial charge is 0.339 e. The molecule has 3 rings (SSSR count). The third-order valence-corrected chi connectivity index (χ3v) is 6.05. The van der Waals surface area contributed by atoms with Gasteiger partial charge in [-0.25, -0.2) is 17.6 Å². The van der Waals surface area contributed by atoms with Crippen LogP contribution >= 0.6 is 0 Å². The van der Waals surface area contributed by atoms with E-state index in [0.29, 0.717) is 24.7 Å². The molecule has 2 aliphatic heterocycles. The van der Waals surface area contributed by atoms with Crippen LogP contribution in [-0.4, -0.2) is 47.7 Å². The number of amides is 2. The molecule has 0 unspecified atom stereocenters. The number of ketones is 1. The van der Waals surface area contributed by atoms with Crippen molar-refractivity contribution in [3.8, 4) is 0 Å². The summed E-state index contributed by atoms with van der Waals surface area (Å²) in [4.78, 5) is 39.2. The van der Waals surface area contributed by atoms with Gasteiger partial charge in [-0.05, 0) is 37.5 Å². The summed E-state index contributed by atoms with van der Waals surface area (Å²) in [7, 11) is 0. The minimum atomic E-state index is -3.36. The Bertz CT molecular complexity index is 1010. The number of alkyl halides is 2. The van der Waals surface area contributed by atoms with Gasteiger partial charge in [0.15, 0.2) is 0 Å². The number of carbonyl (C=O) groups is 3. The first-order valence-electron chi connectivity index (χ1n) is 10.6. The van der Waals surface area contributed by atoms with E-state index in [2.05, 4.69) is 15.5 Å². The Morgan fingerprint density at radius 2 is 1.97 bits per heavy atom. The Labute approximate surface area is 187 Å². The van der Waals surface area contributed by atoms with E-state index < -0.39 is 65.6 Å². The second-order valence-electron chi connectivity index (χ2n) is 8.00. The summed E-state index contributed by atoms with van der Waals surface area (Å²) in [5.41, 5.74) is -1.13. The van der Waals surface area contributed by atoms with Gasteiger partial charge >= 0.3 is 11.8 Å². The first-order valence-corrected chi connectivity index (χ1v) is 10.6. The monoisotopic (exact) mass is 468 g/mol. The number of benzene rings is 1. The molecule has 1 saturated heterocycles. The number of nitrogens with zero attached hydrogens (tertiary/aromatic N) is 3. The minimum Gasteiger partial charge on any atom is -0.339 e. The summed E-state index contributed by atoms with van der Waals surface area (Å²) in [6.45, 7) is 3.97. The number of hydrogen-bond acceptors (Lipinski definition) is 5. The van der Waals surface area contributed by atoms with Crippen LogP contribution in [0, 0.1) is 17.6 Å². The zero-order chi connectivity index (χ0) is 24.3. The molecule has 2 heterocycles. The van der Waals surface area contributed by atoms with E-state index in [1.54, 1.807) is 13.0 Å². The van der Waals surface area contributed by atoms with Crippen molar-refractivity contribution in [2.45, 2.75) is 51.6 Å². The molecule has 2 aliphatic rings. The number of halogens is 4. The molecule has 1 aromatic rings.